The van der Waals surface area contributed by atoms with E-state index >= 15 is 0 Å². The molecule has 0 spiro atoms. The Labute approximate surface area is 186 Å². The van der Waals surface area contributed by atoms with Crippen LogP contribution in [0.15, 0.2) is 36.5 Å². The highest BCUT2D eigenvalue weighted by molar-refractivity contribution is 5.77. The quantitative estimate of drug-likeness (QED) is 0.646. The number of hydrogen-bond donors (Lipinski definition) is 2. The summed E-state index contributed by atoms with van der Waals surface area (Å²) in [5.74, 6) is 0.891. The number of nitrogens with one attached hydrogen (secondary N) is 1. The molecule has 1 aromatic carbocycles. The van der Waals surface area contributed by atoms with E-state index in [0.717, 1.165) is 31.5 Å². The third-order valence-electron chi connectivity index (χ3n) is 5.58. The molecule has 0 saturated carbocycles. The molecular weight excluding hydrogens is 411 g/mol. The highest BCUT2D eigenvalue weighted by Gasteiger charge is 2.32. The van der Waals surface area contributed by atoms with Gasteiger partial charge in [-0.25, -0.2) is 19.3 Å². The van der Waals surface area contributed by atoms with Gasteiger partial charge in [-0.05, 0) is 56.5 Å². The Balaban J connectivity index is 1.53. The molecule has 3 aromatic rings. The first-order chi connectivity index (χ1) is 15.5. The van der Waals surface area contributed by atoms with E-state index < -0.39 is 11.8 Å². The molecule has 4 heterocycles. The monoisotopic (exact) mass is 437 g/mol. The lowest BCUT2D eigenvalue weighted by Crippen LogP contribution is -2.50. The van der Waals surface area contributed by atoms with E-state index in [2.05, 4.69) is 21.3 Å². The number of halogens is 1. The van der Waals surface area contributed by atoms with Crippen molar-refractivity contribution < 1.29 is 13.9 Å². The molecule has 2 aromatic heterocycles. The van der Waals surface area contributed by atoms with Crippen LogP contribution in [0.3, 0.4) is 0 Å². The Morgan fingerprint density at radius 2 is 1.81 bits per heavy atom. The lowest BCUT2D eigenvalue weighted by molar-refractivity contribution is -0.211. The van der Waals surface area contributed by atoms with Crippen LogP contribution >= 0.6 is 0 Å². The fourth-order valence-corrected chi connectivity index (χ4v) is 3.88. The minimum atomic E-state index is -0.668. The number of rotatable bonds is 4. The Kier molecular flexibility index (Phi) is 5.62. The van der Waals surface area contributed by atoms with Gasteiger partial charge in [-0.15, -0.1) is 0 Å². The fraction of sp³-hybridized carbons (Fsp3) is 0.391. The number of aromatic amines is 1. The number of H-pyrrole nitrogens is 1. The predicted octanol–water partition coefficient (Wildman–Crippen LogP) is 3.24. The van der Waals surface area contributed by atoms with Gasteiger partial charge in [0.15, 0.2) is 5.82 Å². The Hall–Kier alpha value is -2.88. The molecule has 1 radical (unpaired) electrons. The van der Waals surface area contributed by atoms with Crippen molar-refractivity contribution in [2.45, 2.75) is 31.6 Å². The second-order valence-electron chi connectivity index (χ2n) is 8.56. The Morgan fingerprint density at radius 3 is 2.53 bits per heavy atom. The predicted molar refractivity (Wildman–Crippen MR) is 118 cm³/mol. The second kappa shape index (κ2) is 8.57. The van der Waals surface area contributed by atoms with Crippen molar-refractivity contribution in [1.82, 2.24) is 19.9 Å². The largest absolute Gasteiger partial charge is 0.344 e. The van der Waals surface area contributed by atoms with Gasteiger partial charge in [0.05, 0.1) is 35.8 Å². The first-order valence-corrected chi connectivity index (χ1v) is 10.8. The van der Waals surface area contributed by atoms with Gasteiger partial charge in [0.1, 0.15) is 5.82 Å². The fourth-order valence-electron chi connectivity index (χ4n) is 3.88. The number of nitrogens with two attached hydrogens (primary N) is 1. The maximum Gasteiger partial charge on any atom is 0.225 e. The van der Waals surface area contributed by atoms with E-state index in [1.54, 1.807) is 18.3 Å². The molecule has 0 atom stereocenters. The molecule has 0 amide bonds. The van der Waals surface area contributed by atoms with Crippen LogP contribution in [0.25, 0.3) is 22.6 Å². The van der Waals surface area contributed by atoms with Crippen LogP contribution in [-0.2, 0) is 9.47 Å². The third-order valence-corrected chi connectivity index (χ3v) is 5.58. The third kappa shape index (κ3) is 4.36. The van der Waals surface area contributed by atoms with Crippen molar-refractivity contribution >= 4 is 5.95 Å². The summed E-state index contributed by atoms with van der Waals surface area (Å²) in [4.78, 5) is 19.5. The molecule has 5 rings (SSSR count). The van der Waals surface area contributed by atoms with Crippen molar-refractivity contribution in [2.24, 2.45) is 5.73 Å². The van der Waals surface area contributed by atoms with Gasteiger partial charge in [-0.1, -0.05) is 0 Å². The van der Waals surface area contributed by atoms with Gasteiger partial charge in [0, 0.05) is 24.8 Å². The van der Waals surface area contributed by atoms with Crippen LogP contribution in [0.1, 0.15) is 31.9 Å². The van der Waals surface area contributed by atoms with Crippen LogP contribution in [0.4, 0.5) is 10.3 Å². The number of aromatic nitrogens is 4. The summed E-state index contributed by atoms with van der Waals surface area (Å²) in [5.41, 5.74) is 8.36. The van der Waals surface area contributed by atoms with Crippen molar-refractivity contribution in [3.8, 4) is 22.6 Å². The van der Waals surface area contributed by atoms with Crippen molar-refractivity contribution in [1.29, 1.82) is 0 Å². The number of ether oxygens (including phenoxy) is 2. The zero-order chi connectivity index (χ0) is 22.1. The summed E-state index contributed by atoms with van der Waals surface area (Å²) >= 11 is 0. The number of anilines is 1. The van der Waals surface area contributed by atoms with Crippen LogP contribution in [0.5, 0.6) is 0 Å². The summed E-state index contributed by atoms with van der Waals surface area (Å²) in [5, 5.41) is 0. The summed E-state index contributed by atoms with van der Waals surface area (Å²) in [6, 6.07) is 8.05. The standard InChI is InChI=1S/C23H26FN6O2/c1-23(25)13-31-21(32-14-23)20-28-18(15-5-7-16(24)8-6-15)19(29-20)17-9-10-26-22(27-17)30-11-3-2-4-12-30/h2,5-10,21H,3-4,11-14,25H2,1H3,(H,28,29). The number of nitrogens with zero attached hydrogens (tertiary/aromatic N) is 4. The Bertz CT molecular complexity index is 1070. The average Bonchev–Trinajstić information content (AvgIpc) is 3.26. The topological polar surface area (TPSA) is 102 Å². The normalized spacial score (nSPS) is 24.0. The van der Waals surface area contributed by atoms with Gasteiger partial charge < -0.3 is 25.1 Å². The molecule has 0 unspecified atom stereocenters. The molecule has 2 aliphatic rings. The molecule has 167 valence electrons. The summed E-state index contributed by atoms with van der Waals surface area (Å²) < 4.78 is 25.2. The van der Waals surface area contributed by atoms with E-state index in [9.17, 15) is 4.39 Å². The van der Waals surface area contributed by atoms with E-state index in [1.807, 2.05) is 13.0 Å². The van der Waals surface area contributed by atoms with Gasteiger partial charge in [0.2, 0.25) is 12.2 Å². The lowest BCUT2D eigenvalue weighted by Gasteiger charge is -2.33. The van der Waals surface area contributed by atoms with Gasteiger partial charge in [-0.2, -0.15) is 0 Å². The lowest BCUT2D eigenvalue weighted by atomic mass is 10.1. The first kappa shape index (κ1) is 21.0. The maximum absolute atomic E-state index is 13.5. The molecule has 32 heavy (non-hydrogen) atoms. The molecular formula is C23H26FN6O2. The smallest absolute Gasteiger partial charge is 0.225 e. The molecule has 3 N–H and O–H groups in total. The number of benzene rings is 1. The first-order valence-electron chi connectivity index (χ1n) is 10.8. The van der Waals surface area contributed by atoms with Gasteiger partial charge in [0.25, 0.3) is 0 Å². The van der Waals surface area contributed by atoms with Crippen LogP contribution < -0.4 is 10.6 Å². The van der Waals surface area contributed by atoms with Crippen LogP contribution in [-0.4, -0.2) is 51.8 Å². The van der Waals surface area contributed by atoms with Crippen LogP contribution in [0, 0.1) is 12.2 Å². The van der Waals surface area contributed by atoms with Gasteiger partial charge in [-0.3, -0.25) is 0 Å². The number of hydrogen-bond acceptors (Lipinski definition) is 7. The maximum atomic E-state index is 13.5. The molecule has 8 nitrogen and oxygen atoms in total. The zero-order valence-electron chi connectivity index (χ0n) is 17.9. The molecule has 2 saturated heterocycles. The Morgan fingerprint density at radius 1 is 1.09 bits per heavy atom. The second-order valence-corrected chi connectivity index (χ2v) is 8.56. The molecule has 0 aliphatic carbocycles. The highest BCUT2D eigenvalue weighted by atomic mass is 19.1. The van der Waals surface area contributed by atoms with Gasteiger partial charge >= 0.3 is 0 Å². The summed E-state index contributed by atoms with van der Waals surface area (Å²) in [6.07, 6.45) is 5.39. The molecule has 9 heteroatoms. The SMILES string of the molecule is CC1(N)COC(c2nc(-c3ccc(F)cc3)c(-c3ccnc(N4CC[CH]CC4)n3)[nH]2)OC1. The van der Waals surface area contributed by atoms with E-state index in [-0.39, 0.29) is 5.82 Å². The number of imidazole rings is 1. The molecule has 2 aliphatic heterocycles. The number of piperidine rings is 1. The molecule has 2 fully saturated rings. The van der Waals surface area contributed by atoms with Crippen molar-refractivity contribution in [2.75, 3.05) is 31.2 Å². The minimum Gasteiger partial charge on any atom is -0.344 e. The molecule has 0 bridgehead atoms. The van der Waals surface area contributed by atoms with Crippen LogP contribution in [0.2, 0.25) is 0 Å². The zero-order valence-corrected chi connectivity index (χ0v) is 17.9. The van der Waals surface area contributed by atoms with Crippen molar-refractivity contribution in [3.05, 3.63) is 54.6 Å². The van der Waals surface area contributed by atoms with E-state index in [0.29, 0.717) is 42.1 Å². The van der Waals surface area contributed by atoms with E-state index in [1.165, 1.54) is 12.1 Å². The highest BCUT2D eigenvalue weighted by Crippen LogP contribution is 2.34. The van der Waals surface area contributed by atoms with Crippen molar-refractivity contribution in [3.63, 3.8) is 0 Å². The van der Waals surface area contributed by atoms with E-state index in [4.69, 9.17) is 25.2 Å². The summed E-state index contributed by atoms with van der Waals surface area (Å²) in [6.45, 7) is 4.36. The summed E-state index contributed by atoms with van der Waals surface area (Å²) in [7, 11) is 0. The minimum absolute atomic E-state index is 0.307. The average molecular weight is 437 g/mol.